The highest BCUT2D eigenvalue weighted by atomic mass is 16.5. The highest BCUT2D eigenvalue weighted by molar-refractivity contribution is 5.84. The molecule has 0 atom stereocenters. The zero-order valence-corrected chi connectivity index (χ0v) is 10.1. The summed E-state index contributed by atoms with van der Waals surface area (Å²) in [4.78, 5) is 0. The zero-order chi connectivity index (χ0) is 11.9. The predicted octanol–water partition coefficient (Wildman–Crippen LogP) is 2.88. The number of ether oxygens (including phenoxy) is 1. The molecule has 0 unspecified atom stereocenters. The van der Waals surface area contributed by atoms with E-state index in [0.717, 1.165) is 25.0 Å². The summed E-state index contributed by atoms with van der Waals surface area (Å²) in [6.45, 7) is 0. The van der Waals surface area contributed by atoms with Crippen molar-refractivity contribution in [2.45, 2.75) is 24.8 Å². The van der Waals surface area contributed by atoms with E-state index in [-0.39, 0.29) is 5.54 Å². The van der Waals surface area contributed by atoms with Crippen molar-refractivity contribution in [3.05, 3.63) is 42.0 Å². The van der Waals surface area contributed by atoms with Gasteiger partial charge in [-0.1, -0.05) is 24.3 Å². The van der Waals surface area contributed by atoms with Crippen molar-refractivity contribution >= 4 is 10.8 Å². The summed E-state index contributed by atoms with van der Waals surface area (Å²) in [6.07, 6.45) is 3.32. The maximum absolute atomic E-state index is 6.15. The van der Waals surface area contributed by atoms with Gasteiger partial charge in [-0.05, 0) is 47.7 Å². The second-order valence-corrected chi connectivity index (χ2v) is 5.09. The fraction of sp³-hybridized carbons (Fsp3) is 0.333. The van der Waals surface area contributed by atoms with Crippen LogP contribution in [0.25, 0.3) is 10.8 Å². The molecule has 3 rings (SSSR count). The van der Waals surface area contributed by atoms with Crippen molar-refractivity contribution in [1.29, 1.82) is 0 Å². The minimum Gasteiger partial charge on any atom is -0.497 e. The SMILES string of the molecule is COc1ccc2cc(CC3(N)CC3)ccc2c1. The Hall–Kier alpha value is -1.54. The van der Waals surface area contributed by atoms with Crippen LogP contribution in [0.15, 0.2) is 36.4 Å². The van der Waals surface area contributed by atoms with Crippen LogP contribution in [0.4, 0.5) is 0 Å². The molecule has 17 heavy (non-hydrogen) atoms. The maximum Gasteiger partial charge on any atom is 0.119 e. The molecule has 0 aliphatic heterocycles. The van der Waals surface area contributed by atoms with E-state index in [1.165, 1.54) is 16.3 Å². The van der Waals surface area contributed by atoms with E-state index in [0.29, 0.717) is 0 Å². The van der Waals surface area contributed by atoms with Crippen LogP contribution in [0, 0.1) is 0 Å². The lowest BCUT2D eigenvalue weighted by atomic mass is 10.0. The first-order chi connectivity index (χ1) is 8.18. The molecule has 0 heterocycles. The molecule has 88 valence electrons. The average Bonchev–Trinajstić information content (AvgIpc) is 3.06. The van der Waals surface area contributed by atoms with Gasteiger partial charge in [-0.2, -0.15) is 0 Å². The topological polar surface area (TPSA) is 35.2 Å². The first kappa shape index (κ1) is 10.6. The Morgan fingerprint density at radius 2 is 1.82 bits per heavy atom. The predicted molar refractivity (Wildman–Crippen MR) is 70.4 cm³/mol. The minimum absolute atomic E-state index is 0.0835. The first-order valence-electron chi connectivity index (χ1n) is 6.04. The van der Waals surface area contributed by atoms with Gasteiger partial charge in [0, 0.05) is 5.54 Å². The van der Waals surface area contributed by atoms with Crippen LogP contribution >= 0.6 is 0 Å². The van der Waals surface area contributed by atoms with Crippen molar-refractivity contribution in [2.75, 3.05) is 7.11 Å². The van der Waals surface area contributed by atoms with Crippen LogP contribution in [0.5, 0.6) is 5.75 Å². The van der Waals surface area contributed by atoms with Crippen LogP contribution in [0.1, 0.15) is 18.4 Å². The molecule has 0 radical (unpaired) electrons. The smallest absolute Gasteiger partial charge is 0.119 e. The molecule has 0 aromatic heterocycles. The molecule has 0 spiro atoms. The molecular formula is C15H17NO. The van der Waals surface area contributed by atoms with Gasteiger partial charge in [-0.25, -0.2) is 0 Å². The molecule has 2 N–H and O–H groups in total. The van der Waals surface area contributed by atoms with E-state index >= 15 is 0 Å². The monoisotopic (exact) mass is 227 g/mol. The fourth-order valence-electron chi connectivity index (χ4n) is 2.25. The Kier molecular flexibility index (Phi) is 2.33. The lowest BCUT2D eigenvalue weighted by molar-refractivity contribution is 0.415. The number of benzene rings is 2. The van der Waals surface area contributed by atoms with Gasteiger partial charge in [0.15, 0.2) is 0 Å². The van der Waals surface area contributed by atoms with Gasteiger partial charge in [0.05, 0.1) is 7.11 Å². The molecule has 1 fully saturated rings. The van der Waals surface area contributed by atoms with Crippen molar-refractivity contribution < 1.29 is 4.74 Å². The van der Waals surface area contributed by atoms with Gasteiger partial charge in [0.2, 0.25) is 0 Å². The standard InChI is InChI=1S/C15H17NO/c1-17-14-5-4-12-8-11(2-3-13(12)9-14)10-15(16)6-7-15/h2-5,8-9H,6-7,10,16H2,1H3. The Balaban J connectivity index is 1.95. The molecule has 1 saturated carbocycles. The lowest BCUT2D eigenvalue weighted by Gasteiger charge is -2.10. The number of rotatable bonds is 3. The number of methoxy groups -OCH3 is 1. The molecule has 0 saturated heterocycles. The van der Waals surface area contributed by atoms with E-state index in [1.54, 1.807) is 7.11 Å². The van der Waals surface area contributed by atoms with Crippen LogP contribution in [-0.2, 0) is 6.42 Å². The molecule has 2 heteroatoms. The molecule has 2 aromatic rings. The molecule has 0 amide bonds. The molecule has 1 aliphatic carbocycles. The zero-order valence-electron chi connectivity index (χ0n) is 10.1. The van der Waals surface area contributed by atoms with Crippen molar-refractivity contribution in [1.82, 2.24) is 0 Å². The lowest BCUT2D eigenvalue weighted by Crippen LogP contribution is -2.24. The van der Waals surface area contributed by atoms with Crippen LogP contribution in [-0.4, -0.2) is 12.6 Å². The second-order valence-electron chi connectivity index (χ2n) is 5.09. The summed E-state index contributed by atoms with van der Waals surface area (Å²) in [6, 6.07) is 12.7. The van der Waals surface area contributed by atoms with Crippen molar-refractivity contribution in [3.63, 3.8) is 0 Å². The number of hydrogen-bond donors (Lipinski definition) is 1. The molecule has 1 aliphatic rings. The second kappa shape index (κ2) is 3.74. The largest absolute Gasteiger partial charge is 0.497 e. The number of nitrogens with two attached hydrogens (primary N) is 1. The van der Waals surface area contributed by atoms with Gasteiger partial charge in [-0.15, -0.1) is 0 Å². The summed E-state index contributed by atoms with van der Waals surface area (Å²) in [7, 11) is 1.70. The fourth-order valence-corrected chi connectivity index (χ4v) is 2.25. The van der Waals surface area contributed by atoms with E-state index in [2.05, 4.69) is 30.3 Å². The van der Waals surface area contributed by atoms with E-state index in [1.807, 2.05) is 6.07 Å². The van der Waals surface area contributed by atoms with E-state index in [4.69, 9.17) is 10.5 Å². The molecule has 0 bridgehead atoms. The third-order valence-corrected chi connectivity index (χ3v) is 3.56. The first-order valence-corrected chi connectivity index (χ1v) is 6.04. The van der Waals surface area contributed by atoms with Crippen molar-refractivity contribution in [3.8, 4) is 5.75 Å². The Bertz CT molecular complexity index is 558. The number of hydrogen-bond acceptors (Lipinski definition) is 2. The van der Waals surface area contributed by atoms with Gasteiger partial charge in [0.1, 0.15) is 5.75 Å². The summed E-state index contributed by atoms with van der Waals surface area (Å²) in [5, 5.41) is 2.47. The van der Waals surface area contributed by atoms with Gasteiger partial charge >= 0.3 is 0 Å². The van der Waals surface area contributed by atoms with E-state index in [9.17, 15) is 0 Å². The van der Waals surface area contributed by atoms with Gasteiger partial charge < -0.3 is 10.5 Å². The quantitative estimate of drug-likeness (QED) is 0.875. The normalized spacial score (nSPS) is 17.1. The Morgan fingerprint density at radius 3 is 2.53 bits per heavy atom. The molecular weight excluding hydrogens is 210 g/mol. The third kappa shape index (κ3) is 2.13. The minimum atomic E-state index is 0.0835. The summed E-state index contributed by atoms with van der Waals surface area (Å²) < 4.78 is 5.22. The highest BCUT2D eigenvalue weighted by Crippen LogP contribution is 2.36. The average molecular weight is 227 g/mol. The van der Waals surface area contributed by atoms with Gasteiger partial charge in [0.25, 0.3) is 0 Å². The highest BCUT2D eigenvalue weighted by Gasteiger charge is 2.37. The summed E-state index contributed by atoms with van der Waals surface area (Å²) in [5.74, 6) is 0.905. The maximum atomic E-state index is 6.15. The third-order valence-electron chi connectivity index (χ3n) is 3.56. The number of fused-ring (bicyclic) bond motifs is 1. The Labute approximate surface area is 101 Å². The molecule has 2 aromatic carbocycles. The van der Waals surface area contributed by atoms with E-state index < -0.39 is 0 Å². The van der Waals surface area contributed by atoms with Crippen LogP contribution in [0.3, 0.4) is 0 Å². The Morgan fingerprint density at radius 1 is 1.12 bits per heavy atom. The van der Waals surface area contributed by atoms with Gasteiger partial charge in [-0.3, -0.25) is 0 Å². The summed E-state index contributed by atoms with van der Waals surface area (Å²) >= 11 is 0. The van der Waals surface area contributed by atoms with Crippen molar-refractivity contribution in [2.24, 2.45) is 5.73 Å². The molecule has 2 nitrogen and oxygen atoms in total. The van der Waals surface area contributed by atoms with Crippen LogP contribution < -0.4 is 10.5 Å². The van der Waals surface area contributed by atoms with Crippen LogP contribution in [0.2, 0.25) is 0 Å². The summed E-state index contributed by atoms with van der Waals surface area (Å²) in [5.41, 5.74) is 7.57.